The van der Waals surface area contributed by atoms with Crippen LogP contribution >= 0.6 is 0 Å². The van der Waals surface area contributed by atoms with E-state index in [1.807, 2.05) is 18.5 Å². The van der Waals surface area contributed by atoms with Crippen molar-refractivity contribution in [2.45, 2.75) is 53.5 Å². The fraction of sp³-hybridized carbons (Fsp3) is 0.688. The Bertz CT molecular complexity index is 535. The van der Waals surface area contributed by atoms with E-state index in [4.69, 9.17) is 5.11 Å². The predicted molar refractivity (Wildman–Crippen MR) is 84.7 cm³/mol. The first-order valence-corrected chi connectivity index (χ1v) is 7.71. The third kappa shape index (κ3) is 5.16. The predicted octanol–water partition coefficient (Wildman–Crippen LogP) is 2.02. The summed E-state index contributed by atoms with van der Waals surface area (Å²) >= 11 is 0. The minimum absolute atomic E-state index is 0.000635. The molecular weight excluding hydrogens is 282 g/mol. The quantitative estimate of drug-likeness (QED) is 0.797. The van der Waals surface area contributed by atoms with Gasteiger partial charge in [0.05, 0.1) is 12.1 Å². The molecule has 124 valence electrons. The van der Waals surface area contributed by atoms with Gasteiger partial charge >= 0.3 is 5.97 Å². The van der Waals surface area contributed by atoms with Crippen LogP contribution in [-0.4, -0.2) is 45.3 Å². The fourth-order valence-corrected chi connectivity index (χ4v) is 2.39. The summed E-state index contributed by atoms with van der Waals surface area (Å²) in [6, 6.07) is 0. The summed E-state index contributed by atoms with van der Waals surface area (Å²) in [5.74, 6) is -0.330. The average Bonchev–Trinajstić information content (AvgIpc) is 2.65. The number of likely N-dealkylation sites (N-methyl/N-ethyl adjacent to an activating group) is 1. The molecular formula is C16H27N3O3. The van der Waals surface area contributed by atoms with Gasteiger partial charge in [0, 0.05) is 37.8 Å². The first-order chi connectivity index (χ1) is 10.2. The van der Waals surface area contributed by atoms with Crippen molar-refractivity contribution >= 4 is 11.9 Å². The number of hydrogen-bond acceptors (Lipinski definition) is 3. The topological polar surface area (TPSA) is 75.4 Å². The van der Waals surface area contributed by atoms with E-state index >= 15 is 0 Å². The second-order valence-electron chi connectivity index (χ2n) is 6.21. The molecule has 1 aromatic rings. The number of rotatable bonds is 8. The van der Waals surface area contributed by atoms with E-state index in [9.17, 15) is 9.59 Å². The summed E-state index contributed by atoms with van der Waals surface area (Å²) in [7, 11) is 1.72. The number of aryl methyl sites for hydroxylation is 1. The summed E-state index contributed by atoms with van der Waals surface area (Å²) in [5.41, 5.74) is 2.92. The lowest BCUT2D eigenvalue weighted by Gasteiger charge is -2.17. The molecule has 1 rings (SSSR count). The van der Waals surface area contributed by atoms with Gasteiger partial charge in [-0.1, -0.05) is 13.8 Å². The van der Waals surface area contributed by atoms with Crippen LogP contribution in [0.3, 0.4) is 0 Å². The highest BCUT2D eigenvalue weighted by Crippen LogP contribution is 2.16. The number of carboxylic acid groups (broad SMARTS) is 1. The van der Waals surface area contributed by atoms with Crippen molar-refractivity contribution < 1.29 is 14.7 Å². The molecule has 0 saturated carbocycles. The molecule has 6 heteroatoms. The van der Waals surface area contributed by atoms with Crippen LogP contribution in [0.1, 0.15) is 43.6 Å². The smallest absolute Gasteiger partial charge is 0.303 e. The largest absolute Gasteiger partial charge is 0.481 e. The minimum Gasteiger partial charge on any atom is -0.481 e. The zero-order chi connectivity index (χ0) is 16.9. The number of carbonyl (C=O) groups is 2. The molecule has 0 unspecified atom stereocenters. The van der Waals surface area contributed by atoms with Crippen LogP contribution in [0.2, 0.25) is 0 Å². The molecule has 1 aromatic heterocycles. The molecule has 0 aliphatic heterocycles. The van der Waals surface area contributed by atoms with Gasteiger partial charge in [0.2, 0.25) is 5.91 Å². The van der Waals surface area contributed by atoms with Gasteiger partial charge in [0.1, 0.15) is 0 Å². The number of amides is 1. The van der Waals surface area contributed by atoms with Gasteiger partial charge in [-0.3, -0.25) is 14.3 Å². The molecule has 0 fully saturated rings. The van der Waals surface area contributed by atoms with Crippen molar-refractivity contribution in [3.8, 4) is 0 Å². The van der Waals surface area contributed by atoms with Crippen molar-refractivity contribution in [2.24, 2.45) is 5.92 Å². The van der Waals surface area contributed by atoms with Crippen LogP contribution in [-0.2, 0) is 22.6 Å². The van der Waals surface area contributed by atoms with Gasteiger partial charge in [-0.15, -0.1) is 0 Å². The van der Waals surface area contributed by atoms with E-state index < -0.39 is 5.97 Å². The first-order valence-electron chi connectivity index (χ1n) is 7.71. The standard InChI is InChI=1S/C16H27N3O3/c1-11(2)10-19-13(4)14(12(3)17-19)9-15(20)18(5)8-6-7-16(21)22/h11H,6-10H2,1-5H3,(H,21,22). The van der Waals surface area contributed by atoms with Crippen molar-refractivity contribution in [1.29, 1.82) is 0 Å². The van der Waals surface area contributed by atoms with Crippen LogP contribution in [0.15, 0.2) is 0 Å². The molecule has 0 bridgehead atoms. The molecule has 0 aliphatic carbocycles. The van der Waals surface area contributed by atoms with Gasteiger partial charge in [-0.05, 0) is 26.2 Å². The summed E-state index contributed by atoms with van der Waals surface area (Å²) < 4.78 is 1.97. The van der Waals surface area contributed by atoms with E-state index in [1.54, 1.807) is 11.9 Å². The maximum absolute atomic E-state index is 12.3. The molecule has 1 N–H and O–H groups in total. The Labute approximate surface area is 132 Å². The van der Waals surface area contributed by atoms with Crippen LogP contribution in [0.4, 0.5) is 0 Å². The minimum atomic E-state index is -0.831. The van der Waals surface area contributed by atoms with Crippen LogP contribution in [0, 0.1) is 19.8 Å². The monoisotopic (exact) mass is 309 g/mol. The van der Waals surface area contributed by atoms with Crippen LogP contribution in [0.5, 0.6) is 0 Å². The molecule has 1 amide bonds. The van der Waals surface area contributed by atoms with Gasteiger partial charge in [0.25, 0.3) is 0 Å². The number of aromatic nitrogens is 2. The second-order valence-corrected chi connectivity index (χ2v) is 6.21. The lowest BCUT2D eigenvalue weighted by molar-refractivity contribution is -0.138. The summed E-state index contributed by atoms with van der Waals surface area (Å²) in [4.78, 5) is 24.4. The Kier molecular flexibility index (Phi) is 6.59. The molecule has 1 heterocycles. The first kappa shape index (κ1) is 18.2. The second kappa shape index (κ2) is 7.96. The normalized spacial score (nSPS) is 11.0. The number of carboxylic acids is 1. The van der Waals surface area contributed by atoms with Crippen molar-refractivity contribution in [3.63, 3.8) is 0 Å². The molecule has 0 saturated heterocycles. The highest BCUT2D eigenvalue weighted by molar-refractivity contribution is 5.79. The molecule has 0 radical (unpaired) electrons. The van der Waals surface area contributed by atoms with E-state index in [-0.39, 0.29) is 12.3 Å². The van der Waals surface area contributed by atoms with E-state index in [1.165, 1.54) is 0 Å². The number of hydrogen-bond donors (Lipinski definition) is 1. The van der Waals surface area contributed by atoms with Gasteiger partial charge in [-0.2, -0.15) is 5.10 Å². The molecule has 22 heavy (non-hydrogen) atoms. The molecule has 0 aromatic carbocycles. The number of aliphatic carboxylic acids is 1. The summed E-state index contributed by atoms with van der Waals surface area (Å²) in [6.07, 6.45) is 0.878. The van der Waals surface area contributed by atoms with Gasteiger partial charge < -0.3 is 10.0 Å². The molecule has 0 spiro atoms. The van der Waals surface area contributed by atoms with E-state index in [2.05, 4.69) is 18.9 Å². The number of nitrogens with zero attached hydrogens (tertiary/aromatic N) is 3. The maximum Gasteiger partial charge on any atom is 0.303 e. The SMILES string of the molecule is Cc1nn(CC(C)C)c(C)c1CC(=O)N(C)CCCC(=O)O. The Morgan fingerprint density at radius 2 is 1.95 bits per heavy atom. The third-order valence-corrected chi connectivity index (χ3v) is 3.71. The molecule has 0 atom stereocenters. The molecule has 6 nitrogen and oxygen atoms in total. The Balaban J connectivity index is 2.67. The third-order valence-electron chi connectivity index (χ3n) is 3.71. The summed E-state index contributed by atoms with van der Waals surface area (Å²) in [6.45, 7) is 9.50. The Hall–Kier alpha value is -1.85. The zero-order valence-electron chi connectivity index (χ0n) is 14.2. The highest BCUT2D eigenvalue weighted by Gasteiger charge is 2.17. The van der Waals surface area contributed by atoms with E-state index in [0.29, 0.717) is 25.3 Å². The Morgan fingerprint density at radius 3 is 2.50 bits per heavy atom. The van der Waals surface area contributed by atoms with Crippen molar-refractivity contribution in [2.75, 3.05) is 13.6 Å². The maximum atomic E-state index is 12.3. The lowest BCUT2D eigenvalue weighted by Crippen LogP contribution is -2.29. The van der Waals surface area contributed by atoms with Crippen molar-refractivity contribution in [1.82, 2.24) is 14.7 Å². The van der Waals surface area contributed by atoms with Gasteiger partial charge in [0.15, 0.2) is 0 Å². The Morgan fingerprint density at radius 1 is 1.32 bits per heavy atom. The lowest BCUT2D eigenvalue weighted by atomic mass is 10.1. The van der Waals surface area contributed by atoms with E-state index in [0.717, 1.165) is 23.5 Å². The zero-order valence-corrected chi connectivity index (χ0v) is 14.2. The molecule has 0 aliphatic rings. The summed E-state index contributed by atoms with van der Waals surface area (Å²) in [5, 5.41) is 13.1. The number of carbonyl (C=O) groups excluding carboxylic acids is 1. The highest BCUT2D eigenvalue weighted by atomic mass is 16.4. The van der Waals surface area contributed by atoms with Gasteiger partial charge in [-0.25, -0.2) is 0 Å². The van der Waals surface area contributed by atoms with Crippen LogP contribution < -0.4 is 0 Å². The van der Waals surface area contributed by atoms with Crippen LogP contribution in [0.25, 0.3) is 0 Å². The average molecular weight is 309 g/mol. The fourth-order valence-electron chi connectivity index (χ4n) is 2.39. The van der Waals surface area contributed by atoms with Crippen molar-refractivity contribution in [3.05, 3.63) is 17.0 Å².